The fourth-order valence-electron chi connectivity index (χ4n) is 8.05. The first-order valence-corrected chi connectivity index (χ1v) is 13.7. The van der Waals surface area contributed by atoms with Gasteiger partial charge in [-0.25, -0.2) is 4.79 Å². The van der Waals surface area contributed by atoms with Crippen LogP contribution < -0.4 is 5.32 Å². The summed E-state index contributed by atoms with van der Waals surface area (Å²) < 4.78 is 11.7. The summed E-state index contributed by atoms with van der Waals surface area (Å²) in [6.07, 6.45) is 3.38. The van der Waals surface area contributed by atoms with Crippen molar-refractivity contribution >= 4 is 23.4 Å². The lowest BCUT2D eigenvalue weighted by Crippen LogP contribution is -2.63. The van der Waals surface area contributed by atoms with Gasteiger partial charge in [-0.2, -0.15) is 0 Å². The molecule has 35 heavy (non-hydrogen) atoms. The summed E-state index contributed by atoms with van der Waals surface area (Å²) in [5.41, 5.74) is 0.256. The lowest BCUT2D eigenvalue weighted by Gasteiger charge is -2.54. The van der Waals surface area contributed by atoms with Gasteiger partial charge in [-0.1, -0.05) is 39.0 Å². The number of esters is 1. The van der Waals surface area contributed by atoms with E-state index in [1.165, 1.54) is 5.57 Å². The number of rotatable bonds is 3. The smallest absolute Gasteiger partial charge is 0.338 e. The first-order valence-electron chi connectivity index (χ1n) is 13.3. The topological polar surface area (TPSA) is 88.0 Å². The zero-order valence-corrected chi connectivity index (χ0v) is 22.9. The molecule has 196 valence electrons. The highest BCUT2D eigenvalue weighted by Crippen LogP contribution is 2.63. The van der Waals surface area contributed by atoms with Crippen molar-refractivity contribution in [2.24, 2.45) is 40.9 Å². The monoisotopic (exact) mass is 505 g/mol. The standard InChI is InChI=1S/C28H43NO5S/c1-8-29-26(35)34-22-13-27(7)12-19-15(4)9-10-20-17(6)33-25(31)24(30)28(20,32)16(5)18(19)11-21(27)23(22)14(2)3/h9,14,17-24,30,32H,5,8,10-13H2,1-4,6-7H3,(H,29,35)/b15-9-. The minimum absolute atomic E-state index is 0.0322. The second-order valence-electron chi connectivity index (χ2n) is 12.1. The van der Waals surface area contributed by atoms with Crippen molar-refractivity contribution < 1.29 is 24.5 Å². The molecule has 3 aliphatic carbocycles. The van der Waals surface area contributed by atoms with E-state index in [9.17, 15) is 15.0 Å². The second-order valence-corrected chi connectivity index (χ2v) is 12.5. The number of aliphatic hydroxyl groups is 2. The maximum Gasteiger partial charge on any atom is 0.338 e. The van der Waals surface area contributed by atoms with Crippen molar-refractivity contribution in [2.75, 3.05) is 6.54 Å². The van der Waals surface area contributed by atoms with Gasteiger partial charge >= 0.3 is 5.97 Å². The summed E-state index contributed by atoms with van der Waals surface area (Å²) in [6.45, 7) is 18.0. The Morgan fingerprint density at radius 1 is 1.34 bits per heavy atom. The molecule has 7 heteroatoms. The molecule has 0 bridgehead atoms. The zero-order chi connectivity index (χ0) is 25.9. The van der Waals surface area contributed by atoms with Gasteiger partial charge in [-0.15, -0.1) is 0 Å². The van der Waals surface area contributed by atoms with E-state index >= 15 is 0 Å². The maximum atomic E-state index is 12.5. The van der Waals surface area contributed by atoms with Crippen molar-refractivity contribution in [3.05, 3.63) is 23.8 Å². The molecule has 0 aromatic heterocycles. The number of thiocarbonyl (C=S) groups is 1. The quantitative estimate of drug-likeness (QED) is 0.302. The summed E-state index contributed by atoms with van der Waals surface area (Å²) in [7, 11) is 0. The van der Waals surface area contributed by atoms with Crippen LogP contribution in [0.4, 0.5) is 0 Å². The van der Waals surface area contributed by atoms with Gasteiger partial charge in [0.2, 0.25) is 0 Å². The van der Waals surface area contributed by atoms with Gasteiger partial charge in [0.1, 0.15) is 17.8 Å². The third kappa shape index (κ3) is 4.25. The number of hydrogen-bond donors (Lipinski definition) is 3. The van der Waals surface area contributed by atoms with E-state index in [4.69, 9.17) is 21.7 Å². The number of hydrogen-bond acceptors (Lipinski definition) is 6. The molecule has 4 rings (SSSR count). The molecule has 6 nitrogen and oxygen atoms in total. The van der Waals surface area contributed by atoms with Gasteiger partial charge < -0.3 is 25.0 Å². The highest BCUT2D eigenvalue weighted by Gasteiger charge is 2.62. The molecule has 4 aliphatic rings. The third-order valence-electron chi connectivity index (χ3n) is 9.80. The van der Waals surface area contributed by atoms with Crippen LogP contribution in [-0.4, -0.2) is 51.8 Å². The summed E-state index contributed by atoms with van der Waals surface area (Å²) in [6, 6.07) is 0. The predicted octanol–water partition coefficient (Wildman–Crippen LogP) is 4.15. The lowest BCUT2D eigenvalue weighted by atomic mass is 9.53. The number of allylic oxidation sites excluding steroid dienone is 2. The summed E-state index contributed by atoms with van der Waals surface area (Å²) in [4.78, 5) is 12.5. The molecule has 1 heterocycles. The predicted molar refractivity (Wildman–Crippen MR) is 139 cm³/mol. The van der Waals surface area contributed by atoms with Crippen LogP contribution in [0.2, 0.25) is 0 Å². The molecule has 0 radical (unpaired) electrons. The van der Waals surface area contributed by atoms with Crippen molar-refractivity contribution in [2.45, 2.75) is 91.1 Å². The van der Waals surface area contributed by atoms with Crippen molar-refractivity contribution in [3.63, 3.8) is 0 Å². The maximum absolute atomic E-state index is 12.5. The van der Waals surface area contributed by atoms with Gasteiger partial charge in [0.05, 0.1) is 0 Å². The first-order chi connectivity index (χ1) is 16.3. The van der Waals surface area contributed by atoms with Crippen LogP contribution in [0.5, 0.6) is 0 Å². The molecule has 3 fully saturated rings. The van der Waals surface area contributed by atoms with Crippen LogP contribution in [0.25, 0.3) is 0 Å². The Morgan fingerprint density at radius 2 is 2.03 bits per heavy atom. The molecule has 10 unspecified atom stereocenters. The highest BCUT2D eigenvalue weighted by atomic mass is 32.1. The van der Waals surface area contributed by atoms with Crippen LogP contribution >= 0.6 is 12.2 Å². The van der Waals surface area contributed by atoms with E-state index in [-0.39, 0.29) is 23.4 Å². The fraction of sp³-hybridized carbons (Fsp3) is 0.786. The van der Waals surface area contributed by atoms with E-state index in [2.05, 4.69) is 45.7 Å². The van der Waals surface area contributed by atoms with Crippen LogP contribution in [0.15, 0.2) is 23.8 Å². The SMILES string of the molecule is C=C1C2CC3C(C(C)C)C(OC(=S)NCC)CC3(C)CC2/C(C)=C\CC2C(C)OC(=O)C(O)C12O. The molecule has 0 amide bonds. The molecule has 1 aliphatic heterocycles. The largest absolute Gasteiger partial charge is 0.467 e. The lowest BCUT2D eigenvalue weighted by molar-refractivity contribution is -0.209. The van der Waals surface area contributed by atoms with E-state index in [1.54, 1.807) is 6.92 Å². The number of fused-ring (bicyclic) bond motifs is 3. The molecule has 1 saturated heterocycles. The Balaban J connectivity index is 1.72. The Hall–Kier alpha value is -1.44. The minimum Gasteiger partial charge on any atom is -0.467 e. The molecule has 0 aromatic rings. The van der Waals surface area contributed by atoms with Crippen molar-refractivity contribution in [1.29, 1.82) is 0 Å². The third-order valence-corrected chi connectivity index (χ3v) is 10.0. The minimum atomic E-state index is -1.70. The van der Waals surface area contributed by atoms with Crippen LogP contribution in [0.3, 0.4) is 0 Å². The summed E-state index contributed by atoms with van der Waals surface area (Å²) >= 11 is 5.46. The number of carbonyl (C=O) groups excluding carboxylic acids is 1. The Morgan fingerprint density at radius 3 is 2.66 bits per heavy atom. The van der Waals surface area contributed by atoms with Gasteiger partial charge in [-0.3, -0.25) is 0 Å². The van der Waals surface area contributed by atoms with Crippen molar-refractivity contribution in [3.8, 4) is 0 Å². The van der Waals surface area contributed by atoms with E-state index < -0.39 is 29.7 Å². The zero-order valence-electron chi connectivity index (χ0n) is 22.0. The number of aliphatic hydroxyl groups excluding tert-OH is 1. The molecule has 0 aromatic carbocycles. The summed E-state index contributed by atoms with van der Waals surface area (Å²) in [5, 5.41) is 26.5. The molecule has 2 saturated carbocycles. The van der Waals surface area contributed by atoms with Crippen molar-refractivity contribution in [1.82, 2.24) is 5.32 Å². The Kier molecular flexibility index (Phi) is 7.19. The molecule has 10 atom stereocenters. The van der Waals surface area contributed by atoms with Crippen LogP contribution in [0.1, 0.15) is 67.2 Å². The Bertz CT molecular complexity index is 917. The first kappa shape index (κ1) is 26.6. The number of carbonyl (C=O) groups is 1. The van der Waals surface area contributed by atoms with E-state index in [0.717, 1.165) is 25.8 Å². The van der Waals surface area contributed by atoms with Crippen LogP contribution in [0, 0.1) is 40.9 Å². The molecular weight excluding hydrogens is 462 g/mol. The average Bonchev–Trinajstić information content (AvgIpc) is 3.06. The molecule has 0 spiro atoms. The average molecular weight is 506 g/mol. The normalized spacial score (nSPS) is 46.8. The van der Waals surface area contributed by atoms with Gasteiger partial charge in [0, 0.05) is 18.4 Å². The summed E-state index contributed by atoms with van der Waals surface area (Å²) in [5.74, 6) is 0.0385. The number of nitrogens with one attached hydrogen (secondary N) is 1. The van der Waals surface area contributed by atoms with Crippen LogP contribution in [-0.2, 0) is 14.3 Å². The highest BCUT2D eigenvalue weighted by molar-refractivity contribution is 7.80. The van der Waals surface area contributed by atoms with E-state index in [1.807, 2.05) is 6.92 Å². The second kappa shape index (κ2) is 9.46. The van der Waals surface area contributed by atoms with Gasteiger partial charge in [0.15, 0.2) is 6.10 Å². The molecule has 3 N–H and O–H groups in total. The molecular formula is C28H43NO5S. The Labute approximate surface area is 215 Å². The fourth-order valence-corrected chi connectivity index (χ4v) is 8.31. The van der Waals surface area contributed by atoms with E-state index in [0.29, 0.717) is 34.9 Å². The van der Waals surface area contributed by atoms with Gasteiger partial charge in [-0.05, 0) is 93.3 Å². The number of cyclic esters (lactones) is 1. The van der Waals surface area contributed by atoms with Gasteiger partial charge in [0.25, 0.3) is 5.17 Å². The number of ether oxygens (including phenoxy) is 2.